The molecule has 15 heteroatoms. The highest BCUT2D eigenvalue weighted by atomic mass is 19.4. The van der Waals surface area contributed by atoms with Crippen molar-refractivity contribution in [2.45, 2.75) is 37.5 Å². The molecule has 0 radical (unpaired) electrons. The molecule has 3 fully saturated rings. The van der Waals surface area contributed by atoms with Crippen molar-refractivity contribution in [1.82, 2.24) is 34.6 Å². The van der Waals surface area contributed by atoms with Crippen LogP contribution in [0.3, 0.4) is 0 Å². The van der Waals surface area contributed by atoms with Crippen LogP contribution in [-0.2, 0) is 15.7 Å². The highest BCUT2D eigenvalue weighted by Gasteiger charge is 2.58. The van der Waals surface area contributed by atoms with Gasteiger partial charge < -0.3 is 14.5 Å². The summed E-state index contributed by atoms with van der Waals surface area (Å²) in [7, 11) is 0. The number of likely N-dealkylation sites (N-methyl/N-ethyl adjacent to an activating group) is 1. The van der Waals surface area contributed by atoms with Crippen molar-refractivity contribution in [3.63, 3.8) is 0 Å². The summed E-state index contributed by atoms with van der Waals surface area (Å²) in [6.45, 7) is 3.85. The van der Waals surface area contributed by atoms with Gasteiger partial charge >= 0.3 is 12.2 Å². The normalized spacial score (nSPS) is 20.4. The number of urea groups is 1. The fraction of sp³-hybridized carbons (Fsp3) is 0.500. The number of amides is 3. The Morgan fingerprint density at radius 1 is 1.08 bits per heavy atom. The molecule has 0 N–H and O–H groups in total. The summed E-state index contributed by atoms with van der Waals surface area (Å²) in [6.07, 6.45) is -0.0648. The molecular formula is C22H22F3N9O3. The Bertz CT molecular complexity index is 1380. The Kier molecular flexibility index (Phi) is 5.29. The maximum absolute atomic E-state index is 13.6. The molecule has 3 aliphatic rings. The van der Waals surface area contributed by atoms with Crippen molar-refractivity contribution in [2.24, 2.45) is 0 Å². The van der Waals surface area contributed by atoms with Gasteiger partial charge in [0.15, 0.2) is 5.65 Å². The van der Waals surface area contributed by atoms with Crippen molar-refractivity contribution in [3.05, 3.63) is 30.5 Å². The van der Waals surface area contributed by atoms with Gasteiger partial charge in [-0.05, 0) is 19.8 Å². The van der Waals surface area contributed by atoms with Crippen LogP contribution in [0.2, 0.25) is 0 Å². The van der Waals surface area contributed by atoms with E-state index in [0.717, 1.165) is 17.2 Å². The number of alkyl halides is 3. The second-order valence-electron chi connectivity index (χ2n) is 9.14. The number of hydrogen-bond donors (Lipinski definition) is 0. The van der Waals surface area contributed by atoms with Gasteiger partial charge in [-0.15, -0.1) is 0 Å². The van der Waals surface area contributed by atoms with Gasteiger partial charge in [0.05, 0.1) is 25.6 Å². The number of carbonyl (C=O) groups excluding carboxylic acids is 2. The van der Waals surface area contributed by atoms with Crippen LogP contribution >= 0.6 is 0 Å². The van der Waals surface area contributed by atoms with Crippen molar-refractivity contribution in [3.8, 4) is 0 Å². The van der Waals surface area contributed by atoms with Crippen LogP contribution in [0.5, 0.6) is 0 Å². The van der Waals surface area contributed by atoms with Crippen molar-refractivity contribution < 1.29 is 27.5 Å². The van der Waals surface area contributed by atoms with E-state index < -0.39 is 29.5 Å². The first-order valence-corrected chi connectivity index (χ1v) is 11.8. The molecule has 3 aromatic heterocycles. The SMILES string of the molecule is CCN1C(=O)N(c2ccnc(C(F)(F)F)n2)C(=O)C12CCN(c1cnc3cnn(C4COC4)c3n1)CC2. The number of piperidine rings is 1. The smallest absolute Gasteiger partial charge is 0.377 e. The van der Waals surface area contributed by atoms with Gasteiger partial charge in [0, 0.05) is 31.9 Å². The third-order valence-electron chi connectivity index (χ3n) is 7.15. The van der Waals surface area contributed by atoms with Gasteiger partial charge in [-0.25, -0.2) is 34.3 Å². The number of rotatable bonds is 4. The summed E-state index contributed by atoms with van der Waals surface area (Å²) in [6, 6.07) is 0.548. The maximum atomic E-state index is 13.6. The number of carbonyl (C=O) groups is 2. The number of anilines is 2. The molecule has 0 saturated carbocycles. The van der Waals surface area contributed by atoms with Crippen molar-refractivity contribution in [2.75, 3.05) is 42.6 Å². The van der Waals surface area contributed by atoms with Crippen LogP contribution < -0.4 is 9.80 Å². The molecule has 0 bridgehead atoms. The fourth-order valence-electron chi connectivity index (χ4n) is 5.15. The average molecular weight is 517 g/mol. The highest BCUT2D eigenvalue weighted by molar-refractivity contribution is 6.22. The molecule has 194 valence electrons. The second kappa shape index (κ2) is 8.33. The van der Waals surface area contributed by atoms with Crippen LogP contribution in [0.4, 0.5) is 29.6 Å². The molecule has 3 saturated heterocycles. The van der Waals surface area contributed by atoms with E-state index in [0.29, 0.717) is 43.3 Å². The van der Waals surface area contributed by atoms with Crippen molar-refractivity contribution in [1.29, 1.82) is 0 Å². The second-order valence-corrected chi connectivity index (χ2v) is 9.14. The predicted molar refractivity (Wildman–Crippen MR) is 122 cm³/mol. The number of aromatic nitrogens is 6. The van der Waals surface area contributed by atoms with Crippen LogP contribution in [0.25, 0.3) is 11.2 Å². The Hall–Kier alpha value is -3.88. The predicted octanol–water partition coefficient (Wildman–Crippen LogP) is 2.03. The van der Waals surface area contributed by atoms with Crippen LogP contribution in [0.15, 0.2) is 24.7 Å². The third kappa shape index (κ3) is 3.59. The molecule has 3 amide bonds. The molecular weight excluding hydrogens is 495 g/mol. The summed E-state index contributed by atoms with van der Waals surface area (Å²) in [5.74, 6) is -1.77. The van der Waals surface area contributed by atoms with Crippen molar-refractivity contribution >= 4 is 34.7 Å². The van der Waals surface area contributed by atoms with Crippen LogP contribution in [0.1, 0.15) is 31.6 Å². The molecule has 37 heavy (non-hydrogen) atoms. The molecule has 3 aliphatic heterocycles. The first kappa shape index (κ1) is 23.5. The zero-order valence-corrected chi connectivity index (χ0v) is 19.7. The summed E-state index contributed by atoms with van der Waals surface area (Å²) >= 11 is 0. The molecule has 12 nitrogen and oxygen atoms in total. The lowest BCUT2D eigenvalue weighted by atomic mass is 9.86. The van der Waals surface area contributed by atoms with Gasteiger partial charge in [0.25, 0.3) is 5.91 Å². The number of halogens is 3. The Balaban J connectivity index is 1.26. The lowest BCUT2D eigenvalue weighted by molar-refractivity contribution is -0.145. The number of ether oxygens (including phenoxy) is 1. The summed E-state index contributed by atoms with van der Waals surface area (Å²) < 4.78 is 46.5. The lowest BCUT2D eigenvalue weighted by Gasteiger charge is -2.42. The summed E-state index contributed by atoms with van der Waals surface area (Å²) in [5, 5.41) is 4.38. The average Bonchev–Trinajstić information content (AvgIpc) is 3.34. The molecule has 6 rings (SSSR count). The van der Waals surface area contributed by atoms with E-state index in [4.69, 9.17) is 9.72 Å². The molecule has 0 atom stereocenters. The fourth-order valence-corrected chi connectivity index (χ4v) is 5.15. The number of imide groups is 1. The molecule has 0 unspecified atom stereocenters. The zero-order chi connectivity index (χ0) is 25.9. The van der Waals surface area contributed by atoms with Gasteiger partial charge in [0.2, 0.25) is 5.82 Å². The molecule has 6 heterocycles. The summed E-state index contributed by atoms with van der Waals surface area (Å²) in [5.41, 5.74) is 0.120. The topological polar surface area (TPSA) is 122 Å². The van der Waals surface area contributed by atoms with Crippen LogP contribution in [0, 0.1) is 0 Å². The lowest BCUT2D eigenvalue weighted by Crippen LogP contribution is -2.56. The first-order valence-electron chi connectivity index (χ1n) is 11.8. The number of hydrogen-bond acceptors (Lipinski definition) is 9. The minimum absolute atomic E-state index is 0.109. The monoisotopic (exact) mass is 517 g/mol. The minimum atomic E-state index is -4.81. The van der Waals surface area contributed by atoms with Gasteiger partial charge in [-0.1, -0.05) is 0 Å². The van der Waals surface area contributed by atoms with E-state index in [2.05, 4.69) is 20.1 Å². The molecule has 3 aromatic rings. The largest absolute Gasteiger partial charge is 0.451 e. The Morgan fingerprint density at radius 2 is 1.84 bits per heavy atom. The molecule has 0 aliphatic carbocycles. The number of nitrogens with zero attached hydrogens (tertiary/aromatic N) is 9. The zero-order valence-electron chi connectivity index (χ0n) is 19.7. The van der Waals surface area contributed by atoms with Gasteiger partial charge in [0.1, 0.15) is 28.7 Å². The maximum Gasteiger partial charge on any atom is 0.451 e. The Morgan fingerprint density at radius 3 is 2.49 bits per heavy atom. The highest BCUT2D eigenvalue weighted by Crippen LogP contribution is 2.40. The number of fused-ring (bicyclic) bond motifs is 1. The van der Waals surface area contributed by atoms with E-state index in [1.165, 1.54) is 4.90 Å². The molecule has 0 aromatic carbocycles. The van der Waals surface area contributed by atoms with E-state index in [9.17, 15) is 22.8 Å². The quantitative estimate of drug-likeness (QED) is 0.479. The standard InChI is InChI=1S/C22H22F3N9O3/c1-2-32-20(36)33(15-3-6-26-18(30-15)22(23,24)25)19(35)21(32)4-7-31(8-5-21)16-10-27-14-9-28-34(17(14)29-16)13-11-37-12-13/h3,6,9-10,13H,2,4-5,7-8,11-12H2,1H3. The van der Waals surface area contributed by atoms with Gasteiger partial charge in [-0.2, -0.15) is 18.3 Å². The summed E-state index contributed by atoms with van der Waals surface area (Å²) in [4.78, 5) is 46.9. The minimum Gasteiger partial charge on any atom is -0.377 e. The van der Waals surface area contributed by atoms with Gasteiger partial charge in [-0.3, -0.25) is 4.79 Å². The molecule has 1 spiro atoms. The van der Waals surface area contributed by atoms with E-state index >= 15 is 0 Å². The van der Waals surface area contributed by atoms with E-state index in [1.807, 2.05) is 4.90 Å². The third-order valence-corrected chi connectivity index (χ3v) is 7.15. The first-order chi connectivity index (χ1) is 17.7. The van der Waals surface area contributed by atoms with E-state index in [-0.39, 0.29) is 31.2 Å². The van der Waals surface area contributed by atoms with Crippen LogP contribution in [-0.4, -0.2) is 84.9 Å². The Labute approximate surface area is 208 Å². The van der Waals surface area contributed by atoms with E-state index in [1.54, 1.807) is 24.0 Å².